The number of hydrogen-bond acceptors (Lipinski definition) is 10. The van der Waals surface area contributed by atoms with Crippen molar-refractivity contribution in [2.24, 2.45) is 11.8 Å². The number of aromatic amines is 1. The summed E-state index contributed by atoms with van der Waals surface area (Å²) in [6.45, 7) is 5.16. The Morgan fingerprint density at radius 1 is 1.11 bits per heavy atom. The van der Waals surface area contributed by atoms with Gasteiger partial charge in [0.1, 0.15) is 12.6 Å². The van der Waals surface area contributed by atoms with Gasteiger partial charge in [-0.25, -0.2) is 14.6 Å². The van der Waals surface area contributed by atoms with Crippen LogP contribution in [0.15, 0.2) is 41.5 Å². The minimum absolute atomic E-state index is 0.00425. The number of imidazole rings is 1. The van der Waals surface area contributed by atoms with Crippen LogP contribution in [0.2, 0.25) is 0 Å². The van der Waals surface area contributed by atoms with Crippen LogP contribution in [-0.4, -0.2) is 56.8 Å². The molecule has 204 valence electrons. The number of aryl methyl sites for hydroxylation is 1. The fourth-order valence-corrected chi connectivity index (χ4v) is 3.59. The van der Waals surface area contributed by atoms with Crippen molar-refractivity contribution in [1.82, 2.24) is 24.8 Å². The summed E-state index contributed by atoms with van der Waals surface area (Å²) in [5.41, 5.74) is 6.46. The SMILES string of the molecule is CC(=O)OCC(CCn1cnc2c(=O)[nH]c(N)nc21)COC(=O)[C@@H](NC(=O)OCc1ccccc1)C(C)C. The van der Waals surface area contributed by atoms with Crippen LogP contribution in [0.5, 0.6) is 0 Å². The first kappa shape index (κ1) is 28.2. The first-order valence-electron chi connectivity index (χ1n) is 12.1. The van der Waals surface area contributed by atoms with Crippen LogP contribution < -0.4 is 16.6 Å². The van der Waals surface area contributed by atoms with E-state index in [-0.39, 0.29) is 43.1 Å². The van der Waals surface area contributed by atoms with Gasteiger partial charge in [-0.2, -0.15) is 4.98 Å². The van der Waals surface area contributed by atoms with Gasteiger partial charge in [-0.15, -0.1) is 0 Å². The van der Waals surface area contributed by atoms with E-state index < -0.39 is 29.6 Å². The Morgan fingerprint density at radius 2 is 1.82 bits per heavy atom. The molecule has 13 heteroatoms. The molecule has 0 fully saturated rings. The van der Waals surface area contributed by atoms with Crippen LogP contribution in [0, 0.1) is 11.8 Å². The second-order valence-corrected chi connectivity index (χ2v) is 9.08. The van der Waals surface area contributed by atoms with Gasteiger partial charge in [-0.05, 0) is 17.9 Å². The van der Waals surface area contributed by atoms with E-state index in [4.69, 9.17) is 19.9 Å². The van der Waals surface area contributed by atoms with Crippen molar-refractivity contribution in [2.45, 2.75) is 46.4 Å². The number of anilines is 1. The van der Waals surface area contributed by atoms with Gasteiger partial charge in [-0.3, -0.25) is 14.6 Å². The van der Waals surface area contributed by atoms with Crippen molar-refractivity contribution in [2.75, 3.05) is 18.9 Å². The molecule has 13 nitrogen and oxygen atoms in total. The Labute approximate surface area is 218 Å². The Hall–Kier alpha value is -4.42. The molecule has 0 aliphatic heterocycles. The molecule has 2 heterocycles. The molecule has 0 saturated heterocycles. The first-order chi connectivity index (χ1) is 18.1. The summed E-state index contributed by atoms with van der Waals surface area (Å²) in [6, 6.07) is 8.22. The fraction of sp³-hybridized carbons (Fsp3) is 0.440. The van der Waals surface area contributed by atoms with E-state index >= 15 is 0 Å². The van der Waals surface area contributed by atoms with Crippen molar-refractivity contribution >= 4 is 35.1 Å². The average Bonchev–Trinajstić information content (AvgIpc) is 3.28. The number of fused-ring (bicyclic) bond motifs is 1. The van der Waals surface area contributed by atoms with E-state index in [9.17, 15) is 19.2 Å². The average molecular weight is 529 g/mol. The number of nitrogen functional groups attached to an aromatic ring is 1. The van der Waals surface area contributed by atoms with Gasteiger partial charge < -0.3 is 29.8 Å². The minimum Gasteiger partial charge on any atom is -0.465 e. The van der Waals surface area contributed by atoms with Gasteiger partial charge in [0.15, 0.2) is 11.2 Å². The van der Waals surface area contributed by atoms with Crippen LogP contribution in [-0.2, 0) is 37.0 Å². The molecule has 3 rings (SSSR count). The van der Waals surface area contributed by atoms with Gasteiger partial charge >= 0.3 is 18.0 Å². The monoisotopic (exact) mass is 528 g/mol. The summed E-state index contributed by atoms with van der Waals surface area (Å²) in [5, 5.41) is 2.56. The molecule has 0 aliphatic carbocycles. The van der Waals surface area contributed by atoms with Gasteiger partial charge in [0.2, 0.25) is 5.95 Å². The van der Waals surface area contributed by atoms with E-state index in [1.165, 1.54) is 13.3 Å². The molecular weight excluding hydrogens is 496 g/mol. The van der Waals surface area contributed by atoms with Crippen LogP contribution >= 0.6 is 0 Å². The number of carbonyl (C=O) groups excluding carboxylic acids is 3. The third kappa shape index (κ3) is 8.05. The minimum atomic E-state index is -0.941. The largest absolute Gasteiger partial charge is 0.465 e. The highest BCUT2D eigenvalue weighted by molar-refractivity contribution is 5.81. The number of H-pyrrole nitrogens is 1. The smallest absolute Gasteiger partial charge is 0.408 e. The number of nitrogens with two attached hydrogens (primary N) is 1. The topological polar surface area (TPSA) is 181 Å². The zero-order valence-electron chi connectivity index (χ0n) is 21.5. The quantitative estimate of drug-likeness (QED) is 0.231. The molecule has 0 saturated carbocycles. The summed E-state index contributed by atoms with van der Waals surface area (Å²) in [5.74, 6) is -1.80. The summed E-state index contributed by atoms with van der Waals surface area (Å²) < 4.78 is 17.5. The maximum absolute atomic E-state index is 12.8. The van der Waals surface area contributed by atoms with Crippen LogP contribution in [0.4, 0.5) is 10.7 Å². The number of alkyl carbamates (subject to hydrolysis) is 1. The third-order valence-electron chi connectivity index (χ3n) is 5.66. The number of nitrogens with zero attached hydrogens (tertiary/aromatic N) is 3. The van der Waals surface area contributed by atoms with Crippen molar-refractivity contribution in [1.29, 1.82) is 0 Å². The van der Waals surface area contributed by atoms with Crippen LogP contribution in [0.3, 0.4) is 0 Å². The molecular formula is C25H32N6O7. The summed E-state index contributed by atoms with van der Waals surface area (Å²) in [7, 11) is 0. The van der Waals surface area contributed by atoms with Crippen molar-refractivity contribution < 1.29 is 28.6 Å². The molecule has 0 spiro atoms. The van der Waals surface area contributed by atoms with E-state index in [0.29, 0.717) is 18.6 Å². The number of aromatic nitrogens is 4. The van der Waals surface area contributed by atoms with Gasteiger partial charge in [0.25, 0.3) is 5.56 Å². The fourth-order valence-electron chi connectivity index (χ4n) is 3.59. The molecule has 38 heavy (non-hydrogen) atoms. The summed E-state index contributed by atoms with van der Waals surface area (Å²) in [4.78, 5) is 59.1. The van der Waals surface area contributed by atoms with Crippen LogP contribution in [0.1, 0.15) is 32.8 Å². The number of esters is 2. The number of amides is 1. The molecule has 3 aromatic rings. The molecule has 0 bridgehead atoms. The van der Waals surface area contributed by atoms with E-state index in [0.717, 1.165) is 5.56 Å². The second kappa shape index (κ2) is 13.2. The lowest BCUT2D eigenvalue weighted by Crippen LogP contribution is -2.46. The highest BCUT2D eigenvalue weighted by atomic mass is 16.6. The van der Waals surface area contributed by atoms with E-state index in [1.54, 1.807) is 18.4 Å². The number of carbonyl (C=O) groups is 3. The lowest BCUT2D eigenvalue weighted by molar-refractivity contribution is -0.150. The molecule has 2 atom stereocenters. The lowest BCUT2D eigenvalue weighted by atomic mass is 10.0. The van der Waals surface area contributed by atoms with Crippen molar-refractivity contribution in [3.8, 4) is 0 Å². The molecule has 4 N–H and O–H groups in total. The predicted molar refractivity (Wildman–Crippen MR) is 137 cm³/mol. The van der Waals surface area contributed by atoms with Crippen molar-refractivity contribution in [3.05, 3.63) is 52.6 Å². The Balaban J connectivity index is 1.59. The normalized spacial score (nSPS) is 12.6. The number of rotatable bonds is 12. The third-order valence-corrected chi connectivity index (χ3v) is 5.66. The van der Waals surface area contributed by atoms with Gasteiger partial charge in [0.05, 0.1) is 19.5 Å². The van der Waals surface area contributed by atoms with Gasteiger partial charge in [0, 0.05) is 19.4 Å². The second-order valence-electron chi connectivity index (χ2n) is 9.08. The van der Waals surface area contributed by atoms with Gasteiger partial charge in [-0.1, -0.05) is 44.2 Å². The standard InChI is InChI=1S/C25H32N6O7/c1-15(2)19(28-25(35)38-11-17-7-5-4-6-8-17)23(34)37-13-18(12-36-16(3)32)9-10-31-14-27-20-21(31)29-24(26)30-22(20)33/h4-8,14-15,18-19H,9-13H2,1-3H3,(H,28,35)(H3,26,29,30,33)/t18?,19-/m0/s1. The van der Waals surface area contributed by atoms with E-state index in [2.05, 4.69) is 20.3 Å². The number of nitrogens with one attached hydrogen (secondary N) is 2. The molecule has 2 aromatic heterocycles. The Morgan fingerprint density at radius 3 is 2.50 bits per heavy atom. The molecule has 1 amide bonds. The molecule has 0 radical (unpaired) electrons. The molecule has 1 unspecified atom stereocenters. The van der Waals surface area contributed by atoms with Crippen molar-refractivity contribution in [3.63, 3.8) is 0 Å². The molecule has 0 aliphatic rings. The highest BCUT2D eigenvalue weighted by Gasteiger charge is 2.27. The van der Waals surface area contributed by atoms with E-state index in [1.807, 2.05) is 30.3 Å². The predicted octanol–water partition coefficient (Wildman–Crippen LogP) is 1.77. The first-order valence-corrected chi connectivity index (χ1v) is 12.1. The number of ether oxygens (including phenoxy) is 3. The van der Waals surface area contributed by atoms with Crippen LogP contribution in [0.25, 0.3) is 11.2 Å². The summed E-state index contributed by atoms with van der Waals surface area (Å²) in [6.07, 6.45) is 1.12. The Bertz CT molecular complexity index is 1300. The number of hydrogen-bond donors (Lipinski definition) is 3. The lowest BCUT2D eigenvalue weighted by Gasteiger charge is -2.23. The summed E-state index contributed by atoms with van der Waals surface area (Å²) >= 11 is 0. The number of benzene rings is 1. The highest BCUT2D eigenvalue weighted by Crippen LogP contribution is 2.14. The maximum Gasteiger partial charge on any atom is 0.408 e. The maximum atomic E-state index is 12.8. The zero-order valence-corrected chi connectivity index (χ0v) is 21.5. The molecule has 1 aromatic carbocycles. The Kier molecular flexibility index (Phi) is 9.79. The zero-order chi connectivity index (χ0) is 27.7.